The molecule has 196 valence electrons. The van der Waals surface area contributed by atoms with Crippen molar-refractivity contribution in [1.82, 2.24) is 0 Å². The smallest absolute Gasteiger partial charge is 0.0610 e. The van der Waals surface area contributed by atoms with Crippen LogP contribution < -0.4 is 0 Å². The van der Waals surface area contributed by atoms with E-state index in [0.29, 0.717) is 24.0 Å². The van der Waals surface area contributed by atoms with Gasteiger partial charge >= 0.3 is 0 Å². The van der Waals surface area contributed by atoms with Crippen molar-refractivity contribution >= 4 is 0 Å². The predicted octanol–water partition coefficient (Wildman–Crippen LogP) is 8.67. The van der Waals surface area contributed by atoms with E-state index in [0.717, 1.165) is 54.6 Å². The zero-order valence-corrected chi connectivity index (χ0v) is 22.9. The van der Waals surface area contributed by atoms with Crippen molar-refractivity contribution in [3.05, 3.63) is 0 Å². The summed E-state index contributed by atoms with van der Waals surface area (Å²) in [6, 6.07) is 0. The molecule has 2 heteroatoms. The van der Waals surface area contributed by atoms with Gasteiger partial charge in [0, 0.05) is 5.92 Å². The van der Waals surface area contributed by atoms with Crippen LogP contribution in [0.25, 0.3) is 0 Å². The fraction of sp³-hybridized carbons (Fsp3) is 1.00. The van der Waals surface area contributed by atoms with Crippen LogP contribution >= 0.6 is 0 Å². The van der Waals surface area contributed by atoms with Gasteiger partial charge in [0.1, 0.15) is 0 Å². The Balaban J connectivity index is 1.35. The van der Waals surface area contributed by atoms with Crippen LogP contribution in [0.4, 0.5) is 0 Å². The molecule has 4 saturated carbocycles. The molecular weight excluding hydrogens is 416 g/mol. The summed E-state index contributed by atoms with van der Waals surface area (Å²) in [7, 11) is 0. The second kappa shape index (κ2) is 12.0. The monoisotopic (exact) mass is 472 g/mol. The maximum atomic E-state index is 7.05. The number of hydrogen-bond acceptors (Lipinski definition) is 2. The Morgan fingerprint density at radius 3 is 1.68 bits per heavy atom. The molecular formula is C32H56O2. The molecule has 5 aliphatic rings. The predicted molar refractivity (Wildman–Crippen MR) is 142 cm³/mol. The Morgan fingerprint density at radius 2 is 1.15 bits per heavy atom. The Kier molecular flexibility index (Phi) is 9.01. The first-order chi connectivity index (χ1) is 16.7. The van der Waals surface area contributed by atoms with Gasteiger partial charge in [-0.25, -0.2) is 0 Å². The number of rotatable bonds is 6. The Morgan fingerprint density at radius 1 is 0.618 bits per heavy atom. The van der Waals surface area contributed by atoms with Gasteiger partial charge in [-0.3, -0.25) is 0 Å². The Hall–Kier alpha value is -0.0800. The highest BCUT2D eigenvalue weighted by molar-refractivity contribution is 5.01. The third-order valence-corrected chi connectivity index (χ3v) is 11.6. The second-order valence-corrected chi connectivity index (χ2v) is 13.7. The summed E-state index contributed by atoms with van der Waals surface area (Å²) in [6.07, 6.45) is 23.8. The molecule has 2 nitrogen and oxygen atoms in total. The van der Waals surface area contributed by atoms with Crippen molar-refractivity contribution in [3.8, 4) is 0 Å². The molecule has 4 aliphatic carbocycles. The van der Waals surface area contributed by atoms with E-state index in [1.807, 2.05) is 0 Å². The highest BCUT2D eigenvalue weighted by atomic mass is 16.5. The van der Waals surface area contributed by atoms with E-state index in [1.165, 1.54) is 103 Å². The molecule has 0 amide bonds. The average Bonchev–Trinajstić information content (AvgIpc) is 2.95. The lowest BCUT2D eigenvalue weighted by atomic mass is 9.53. The van der Waals surface area contributed by atoms with Crippen molar-refractivity contribution in [3.63, 3.8) is 0 Å². The molecule has 0 spiro atoms. The molecule has 10 unspecified atom stereocenters. The van der Waals surface area contributed by atoms with Gasteiger partial charge in [0.25, 0.3) is 0 Å². The molecule has 10 atom stereocenters. The molecule has 0 aromatic heterocycles. The molecule has 0 aromatic rings. The van der Waals surface area contributed by atoms with Crippen LogP contribution in [0.5, 0.6) is 0 Å². The summed E-state index contributed by atoms with van der Waals surface area (Å²) >= 11 is 0. The lowest BCUT2D eigenvalue weighted by Crippen LogP contribution is -2.53. The zero-order chi connectivity index (χ0) is 23.5. The average molecular weight is 473 g/mol. The van der Waals surface area contributed by atoms with Gasteiger partial charge in [0.2, 0.25) is 0 Å². The standard InChI is InChI=1S/C32H56O2/c1-4-9-22(2)14-15-23(3)26-20-33-29-18-16-24-10-5-7-12-27(24)31(29)32-28-13-8-6-11-25(28)17-19-30(32)34-21-26/h22-32H,4-21H2,1-3H3. The molecule has 5 rings (SSSR count). The van der Waals surface area contributed by atoms with Crippen molar-refractivity contribution in [2.75, 3.05) is 13.2 Å². The maximum absolute atomic E-state index is 7.05. The molecule has 0 aromatic carbocycles. The fourth-order valence-corrected chi connectivity index (χ4v) is 9.64. The summed E-state index contributed by atoms with van der Waals surface area (Å²) < 4.78 is 14.1. The Bertz CT molecular complexity index is 576. The minimum atomic E-state index is 0.517. The SMILES string of the molecule is CCCC(C)CCC(C)C1COC2CCC3CCCCC3C2C2C(CCC3CCCCC32)OC1. The van der Waals surface area contributed by atoms with E-state index in [2.05, 4.69) is 20.8 Å². The maximum Gasteiger partial charge on any atom is 0.0610 e. The summed E-state index contributed by atoms with van der Waals surface area (Å²) in [4.78, 5) is 0. The van der Waals surface area contributed by atoms with Crippen LogP contribution in [-0.2, 0) is 9.47 Å². The van der Waals surface area contributed by atoms with Gasteiger partial charge in [0.05, 0.1) is 25.4 Å². The third-order valence-electron chi connectivity index (χ3n) is 11.6. The number of fused-ring (bicyclic) bond motifs is 7. The van der Waals surface area contributed by atoms with E-state index in [-0.39, 0.29) is 0 Å². The van der Waals surface area contributed by atoms with Crippen LogP contribution in [0.15, 0.2) is 0 Å². The molecule has 1 saturated heterocycles. The number of ether oxygens (including phenoxy) is 2. The third kappa shape index (κ3) is 5.58. The van der Waals surface area contributed by atoms with Crippen LogP contribution in [0.1, 0.15) is 124 Å². The topological polar surface area (TPSA) is 18.5 Å². The molecule has 0 radical (unpaired) electrons. The van der Waals surface area contributed by atoms with E-state index in [1.54, 1.807) is 0 Å². The first kappa shape index (κ1) is 25.6. The van der Waals surface area contributed by atoms with Gasteiger partial charge < -0.3 is 9.47 Å². The van der Waals surface area contributed by atoms with Crippen LogP contribution in [-0.4, -0.2) is 25.4 Å². The summed E-state index contributed by atoms with van der Waals surface area (Å²) in [5, 5.41) is 0. The molecule has 5 fully saturated rings. The number of hydrogen-bond donors (Lipinski definition) is 0. The highest BCUT2D eigenvalue weighted by Gasteiger charge is 2.53. The van der Waals surface area contributed by atoms with Crippen molar-refractivity contribution in [2.45, 2.75) is 136 Å². The zero-order valence-electron chi connectivity index (χ0n) is 22.9. The highest BCUT2D eigenvalue weighted by Crippen LogP contribution is 2.56. The van der Waals surface area contributed by atoms with Crippen molar-refractivity contribution in [1.29, 1.82) is 0 Å². The fourth-order valence-electron chi connectivity index (χ4n) is 9.64. The second-order valence-electron chi connectivity index (χ2n) is 13.7. The molecule has 1 heterocycles. The van der Waals surface area contributed by atoms with Gasteiger partial charge in [0.15, 0.2) is 0 Å². The van der Waals surface area contributed by atoms with Gasteiger partial charge in [-0.05, 0) is 85.9 Å². The lowest BCUT2D eigenvalue weighted by Gasteiger charge is -2.55. The molecule has 0 N–H and O–H groups in total. The molecule has 1 aliphatic heterocycles. The van der Waals surface area contributed by atoms with Gasteiger partial charge in [-0.2, -0.15) is 0 Å². The van der Waals surface area contributed by atoms with Crippen LogP contribution in [0, 0.1) is 53.3 Å². The minimum Gasteiger partial charge on any atom is -0.378 e. The lowest BCUT2D eigenvalue weighted by molar-refractivity contribution is -0.140. The summed E-state index contributed by atoms with van der Waals surface area (Å²) in [5.41, 5.74) is 0. The van der Waals surface area contributed by atoms with Crippen LogP contribution in [0.3, 0.4) is 0 Å². The first-order valence-corrected chi connectivity index (χ1v) is 15.9. The summed E-state index contributed by atoms with van der Waals surface area (Å²) in [5.74, 6) is 7.55. The normalized spacial score (nSPS) is 44.7. The van der Waals surface area contributed by atoms with Crippen molar-refractivity contribution in [2.24, 2.45) is 53.3 Å². The van der Waals surface area contributed by atoms with Gasteiger partial charge in [-0.15, -0.1) is 0 Å². The first-order valence-electron chi connectivity index (χ1n) is 15.9. The van der Waals surface area contributed by atoms with Crippen molar-refractivity contribution < 1.29 is 9.47 Å². The summed E-state index contributed by atoms with van der Waals surface area (Å²) in [6.45, 7) is 9.19. The molecule has 34 heavy (non-hydrogen) atoms. The minimum absolute atomic E-state index is 0.517. The Labute approximate surface area is 211 Å². The quantitative estimate of drug-likeness (QED) is 0.385. The largest absolute Gasteiger partial charge is 0.378 e. The van der Waals surface area contributed by atoms with Gasteiger partial charge in [-0.1, -0.05) is 85.0 Å². The van der Waals surface area contributed by atoms with Crippen LogP contribution in [0.2, 0.25) is 0 Å². The van der Waals surface area contributed by atoms with E-state index in [9.17, 15) is 0 Å². The van der Waals surface area contributed by atoms with E-state index < -0.39 is 0 Å². The van der Waals surface area contributed by atoms with E-state index >= 15 is 0 Å². The van der Waals surface area contributed by atoms with E-state index in [4.69, 9.17) is 9.47 Å². The molecule has 0 bridgehead atoms.